The van der Waals surface area contributed by atoms with E-state index in [0.717, 1.165) is 18.6 Å². The molecule has 100 valence electrons. The Kier molecular flexibility index (Phi) is 4.37. The lowest BCUT2D eigenvalue weighted by atomic mass is 10.4. The van der Waals surface area contributed by atoms with E-state index in [2.05, 4.69) is 16.4 Å². The molecule has 0 aromatic carbocycles. The first-order chi connectivity index (χ1) is 9.22. The molecular formula is C14H18N4O. The SMILES string of the molecule is CC(C)OCCCNc1nc2ccccn2c1C#N. The van der Waals surface area contributed by atoms with E-state index in [1.165, 1.54) is 0 Å². The first-order valence-corrected chi connectivity index (χ1v) is 6.45. The van der Waals surface area contributed by atoms with Gasteiger partial charge in [0, 0.05) is 19.3 Å². The number of hydrogen-bond donors (Lipinski definition) is 1. The minimum absolute atomic E-state index is 0.255. The molecule has 0 bridgehead atoms. The number of aromatic nitrogens is 2. The zero-order chi connectivity index (χ0) is 13.7. The lowest BCUT2D eigenvalue weighted by Crippen LogP contribution is -2.10. The van der Waals surface area contributed by atoms with Crippen LogP contribution in [-0.2, 0) is 4.74 Å². The maximum Gasteiger partial charge on any atom is 0.168 e. The highest BCUT2D eigenvalue weighted by atomic mass is 16.5. The second-order valence-electron chi connectivity index (χ2n) is 4.55. The maximum absolute atomic E-state index is 9.21. The molecule has 5 heteroatoms. The molecule has 2 aromatic heterocycles. The highest BCUT2D eigenvalue weighted by molar-refractivity contribution is 5.58. The molecule has 2 heterocycles. The molecule has 0 aliphatic rings. The average Bonchev–Trinajstić information content (AvgIpc) is 2.75. The third-order valence-electron chi connectivity index (χ3n) is 2.70. The highest BCUT2D eigenvalue weighted by Crippen LogP contribution is 2.16. The Morgan fingerprint density at radius 3 is 3.05 bits per heavy atom. The van der Waals surface area contributed by atoms with Crippen molar-refractivity contribution < 1.29 is 4.74 Å². The molecule has 2 aromatic rings. The van der Waals surface area contributed by atoms with Crippen LogP contribution in [-0.4, -0.2) is 28.6 Å². The van der Waals surface area contributed by atoms with Crippen molar-refractivity contribution in [3.05, 3.63) is 30.1 Å². The summed E-state index contributed by atoms with van der Waals surface area (Å²) >= 11 is 0. The Bertz CT molecular complexity index is 583. The van der Waals surface area contributed by atoms with Crippen molar-refractivity contribution in [2.24, 2.45) is 0 Å². The Morgan fingerprint density at radius 1 is 1.47 bits per heavy atom. The third kappa shape index (κ3) is 3.24. The molecule has 0 radical (unpaired) electrons. The number of imidazole rings is 1. The van der Waals surface area contributed by atoms with Gasteiger partial charge in [-0.2, -0.15) is 5.26 Å². The quantitative estimate of drug-likeness (QED) is 0.808. The molecule has 2 rings (SSSR count). The Labute approximate surface area is 112 Å². The van der Waals surface area contributed by atoms with Crippen molar-refractivity contribution in [3.63, 3.8) is 0 Å². The number of fused-ring (bicyclic) bond motifs is 1. The van der Waals surface area contributed by atoms with Gasteiger partial charge in [-0.25, -0.2) is 4.98 Å². The Hall–Kier alpha value is -2.06. The molecule has 0 spiro atoms. The van der Waals surface area contributed by atoms with Crippen LogP contribution in [0.15, 0.2) is 24.4 Å². The fourth-order valence-corrected chi connectivity index (χ4v) is 1.82. The number of nitriles is 1. The number of pyridine rings is 1. The first kappa shape index (κ1) is 13.4. The van der Waals surface area contributed by atoms with Gasteiger partial charge in [-0.1, -0.05) is 6.07 Å². The summed E-state index contributed by atoms with van der Waals surface area (Å²) in [5, 5.41) is 12.4. The van der Waals surface area contributed by atoms with Gasteiger partial charge in [0.2, 0.25) is 0 Å². The van der Waals surface area contributed by atoms with E-state index >= 15 is 0 Å². The van der Waals surface area contributed by atoms with Crippen LogP contribution in [0.1, 0.15) is 26.0 Å². The maximum atomic E-state index is 9.21. The molecular weight excluding hydrogens is 240 g/mol. The highest BCUT2D eigenvalue weighted by Gasteiger charge is 2.10. The lowest BCUT2D eigenvalue weighted by Gasteiger charge is -2.07. The third-order valence-corrected chi connectivity index (χ3v) is 2.70. The topological polar surface area (TPSA) is 62.4 Å². The summed E-state index contributed by atoms with van der Waals surface area (Å²) < 4.78 is 7.25. The minimum Gasteiger partial charge on any atom is -0.379 e. The number of ether oxygens (including phenoxy) is 1. The number of nitrogens with zero attached hydrogens (tertiary/aromatic N) is 3. The first-order valence-electron chi connectivity index (χ1n) is 6.45. The van der Waals surface area contributed by atoms with Gasteiger partial charge in [0.05, 0.1) is 6.10 Å². The van der Waals surface area contributed by atoms with Gasteiger partial charge >= 0.3 is 0 Å². The molecule has 0 saturated heterocycles. The molecule has 5 nitrogen and oxygen atoms in total. The van der Waals surface area contributed by atoms with Crippen molar-refractivity contribution >= 4 is 11.5 Å². The number of nitrogens with one attached hydrogen (secondary N) is 1. The summed E-state index contributed by atoms with van der Waals surface area (Å²) in [5.41, 5.74) is 1.32. The molecule has 0 fully saturated rings. The summed E-state index contributed by atoms with van der Waals surface area (Å²) in [7, 11) is 0. The largest absolute Gasteiger partial charge is 0.379 e. The summed E-state index contributed by atoms with van der Waals surface area (Å²) in [4.78, 5) is 4.40. The fraction of sp³-hybridized carbons (Fsp3) is 0.429. The van der Waals surface area contributed by atoms with E-state index in [4.69, 9.17) is 4.74 Å². The molecule has 1 N–H and O–H groups in total. The molecule has 19 heavy (non-hydrogen) atoms. The molecule has 0 aliphatic heterocycles. The monoisotopic (exact) mass is 258 g/mol. The van der Waals surface area contributed by atoms with E-state index in [1.807, 2.05) is 38.2 Å². The molecule has 0 unspecified atom stereocenters. The van der Waals surface area contributed by atoms with Gasteiger partial charge in [-0.3, -0.25) is 4.40 Å². The second-order valence-corrected chi connectivity index (χ2v) is 4.55. The van der Waals surface area contributed by atoms with Crippen LogP contribution in [0, 0.1) is 11.3 Å². The minimum atomic E-state index is 0.255. The molecule has 0 saturated carbocycles. The van der Waals surface area contributed by atoms with Crippen LogP contribution in [0.4, 0.5) is 5.82 Å². The smallest absolute Gasteiger partial charge is 0.168 e. The predicted octanol–water partition coefficient (Wildman–Crippen LogP) is 2.43. The van der Waals surface area contributed by atoms with Gasteiger partial charge in [-0.05, 0) is 32.4 Å². The Morgan fingerprint density at radius 2 is 2.32 bits per heavy atom. The van der Waals surface area contributed by atoms with Gasteiger partial charge in [-0.15, -0.1) is 0 Å². The van der Waals surface area contributed by atoms with Crippen molar-refractivity contribution in [2.45, 2.75) is 26.4 Å². The van der Waals surface area contributed by atoms with Crippen LogP contribution in [0.25, 0.3) is 5.65 Å². The van der Waals surface area contributed by atoms with E-state index < -0.39 is 0 Å². The average molecular weight is 258 g/mol. The van der Waals surface area contributed by atoms with Gasteiger partial charge in [0.1, 0.15) is 11.7 Å². The summed E-state index contributed by atoms with van der Waals surface area (Å²) in [6.07, 6.45) is 2.98. The predicted molar refractivity (Wildman–Crippen MR) is 74.1 cm³/mol. The van der Waals surface area contributed by atoms with Crippen LogP contribution in [0.5, 0.6) is 0 Å². The van der Waals surface area contributed by atoms with Gasteiger partial charge < -0.3 is 10.1 Å². The van der Waals surface area contributed by atoms with Gasteiger partial charge in [0.15, 0.2) is 11.5 Å². The molecule has 0 atom stereocenters. The standard InChI is InChI=1S/C14H18N4O/c1-11(2)19-9-5-7-16-14-12(10-15)18-8-4-3-6-13(18)17-14/h3-4,6,8,11,16H,5,7,9H2,1-2H3. The van der Waals surface area contributed by atoms with E-state index in [-0.39, 0.29) is 6.10 Å². The number of rotatable bonds is 6. The normalized spacial score (nSPS) is 10.8. The summed E-state index contributed by atoms with van der Waals surface area (Å²) in [5.74, 6) is 0.637. The molecule has 0 amide bonds. The zero-order valence-electron chi connectivity index (χ0n) is 11.3. The van der Waals surface area contributed by atoms with Crippen molar-refractivity contribution in [3.8, 4) is 6.07 Å². The Balaban J connectivity index is 1.99. The van der Waals surface area contributed by atoms with E-state index in [0.29, 0.717) is 18.1 Å². The van der Waals surface area contributed by atoms with Crippen LogP contribution in [0.3, 0.4) is 0 Å². The fourth-order valence-electron chi connectivity index (χ4n) is 1.82. The van der Waals surface area contributed by atoms with Crippen LogP contribution >= 0.6 is 0 Å². The summed E-state index contributed by atoms with van der Waals surface area (Å²) in [6, 6.07) is 7.86. The van der Waals surface area contributed by atoms with Crippen molar-refractivity contribution in [1.29, 1.82) is 5.26 Å². The number of hydrogen-bond acceptors (Lipinski definition) is 4. The van der Waals surface area contributed by atoms with Crippen LogP contribution in [0.2, 0.25) is 0 Å². The summed E-state index contributed by atoms with van der Waals surface area (Å²) in [6.45, 7) is 5.48. The number of anilines is 1. The van der Waals surface area contributed by atoms with E-state index in [1.54, 1.807) is 4.40 Å². The van der Waals surface area contributed by atoms with Crippen molar-refractivity contribution in [1.82, 2.24) is 9.38 Å². The van der Waals surface area contributed by atoms with E-state index in [9.17, 15) is 5.26 Å². The second kappa shape index (κ2) is 6.21. The van der Waals surface area contributed by atoms with Crippen molar-refractivity contribution in [2.75, 3.05) is 18.5 Å². The van der Waals surface area contributed by atoms with Crippen LogP contribution < -0.4 is 5.32 Å². The molecule has 0 aliphatic carbocycles. The lowest BCUT2D eigenvalue weighted by molar-refractivity contribution is 0.0787. The zero-order valence-corrected chi connectivity index (χ0v) is 11.3. The van der Waals surface area contributed by atoms with Gasteiger partial charge in [0.25, 0.3) is 0 Å².